The second-order valence-corrected chi connectivity index (χ2v) is 4.41. The van der Waals surface area contributed by atoms with Gasteiger partial charge in [0.1, 0.15) is 11.3 Å². The minimum Gasteiger partial charge on any atom is -0.459 e. The third-order valence-corrected chi connectivity index (χ3v) is 2.87. The van der Waals surface area contributed by atoms with Gasteiger partial charge in [0.15, 0.2) is 0 Å². The van der Waals surface area contributed by atoms with Gasteiger partial charge in [0, 0.05) is 5.39 Å². The van der Waals surface area contributed by atoms with Crippen molar-refractivity contribution in [3.63, 3.8) is 0 Å². The molecule has 0 aliphatic rings. The summed E-state index contributed by atoms with van der Waals surface area (Å²) in [7, 11) is 0. The Morgan fingerprint density at radius 2 is 2.12 bits per heavy atom. The zero-order valence-electron chi connectivity index (χ0n) is 9.99. The van der Waals surface area contributed by atoms with E-state index in [9.17, 15) is 0 Å². The van der Waals surface area contributed by atoms with Gasteiger partial charge in [-0.2, -0.15) is 0 Å². The van der Waals surface area contributed by atoms with Crippen molar-refractivity contribution in [1.82, 2.24) is 0 Å². The standard InChI is InChI=1S/C14H19NO/c1-3-4-5-11-6-7-13-12(8-11)9-14(16-13)10(2)15/h6-10H,3-5,15H2,1-2H3. The highest BCUT2D eigenvalue weighted by molar-refractivity contribution is 5.78. The van der Waals surface area contributed by atoms with E-state index >= 15 is 0 Å². The quantitative estimate of drug-likeness (QED) is 0.846. The zero-order valence-corrected chi connectivity index (χ0v) is 9.99. The molecule has 0 aliphatic carbocycles. The monoisotopic (exact) mass is 217 g/mol. The van der Waals surface area contributed by atoms with Gasteiger partial charge in [-0.1, -0.05) is 19.4 Å². The molecule has 0 radical (unpaired) electrons. The van der Waals surface area contributed by atoms with E-state index in [4.69, 9.17) is 10.2 Å². The Morgan fingerprint density at radius 3 is 2.81 bits per heavy atom. The predicted octanol–water partition coefficient (Wildman–Crippen LogP) is 3.80. The molecule has 1 heterocycles. The van der Waals surface area contributed by atoms with Crippen LogP contribution in [0.25, 0.3) is 11.0 Å². The van der Waals surface area contributed by atoms with E-state index < -0.39 is 0 Å². The third kappa shape index (κ3) is 2.27. The molecular weight excluding hydrogens is 198 g/mol. The zero-order chi connectivity index (χ0) is 11.5. The SMILES string of the molecule is CCCCc1ccc2oc(C(C)N)cc2c1. The van der Waals surface area contributed by atoms with Gasteiger partial charge in [0.05, 0.1) is 6.04 Å². The summed E-state index contributed by atoms with van der Waals surface area (Å²) in [4.78, 5) is 0. The number of rotatable bonds is 4. The van der Waals surface area contributed by atoms with E-state index in [-0.39, 0.29) is 6.04 Å². The average molecular weight is 217 g/mol. The minimum absolute atomic E-state index is 0.0357. The summed E-state index contributed by atoms with van der Waals surface area (Å²) in [5.74, 6) is 0.864. The van der Waals surface area contributed by atoms with Crippen molar-refractivity contribution >= 4 is 11.0 Å². The summed E-state index contributed by atoms with van der Waals surface area (Å²) in [6.45, 7) is 4.15. The highest BCUT2D eigenvalue weighted by Gasteiger charge is 2.07. The van der Waals surface area contributed by atoms with Crippen molar-refractivity contribution < 1.29 is 4.42 Å². The molecule has 1 atom stereocenters. The molecular formula is C14H19NO. The molecule has 0 bridgehead atoms. The number of hydrogen-bond acceptors (Lipinski definition) is 2. The second kappa shape index (κ2) is 4.71. The van der Waals surface area contributed by atoms with Gasteiger partial charge < -0.3 is 10.2 Å². The van der Waals surface area contributed by atoms with Crippen LogP contribution in [0.2, 0.25) is 0 Å². The summed E-state index contributed by atoms with van der Waals surface area (Å²) in [5, 5.41) is 1.17. The molecule has 1 unspecified atom stereocenters. The number of furan rings is 1. The number of unbranched alkanes of at least 4 members (excludes halogenated alkanes) is 1. The molecule has 1 aromatic heterocycles. The first-order valence-corrected chi connectivity index (χ1v) is 5.98. The summed E-state index contributed by atoms with van der Waals surface area (Å²) >= 11 is 0. The molecule has 0 amide bonds. The van der Waals surface area contributed by atoms with E-state index in [1.807, 2.05) is 13.0 Å². The highest BCUT2D eigenvalue weighted by atomic mass is 16.3. The van der Waals surface area contributed by atoms with Crippen LogP contribution in [0, 0.1) is 0 Å². The highest BCUT2D eigenvalue weighted by Crippen LogP contribution is 2.24. The predicted molar refractivity (Wildman–Crippen MR) is 67.4 cm³/mol. The van der Waals surface area contributed by atoms with E-state index in [1.54, 1.807) is 0 Å². The summed E-state index contributed by atoms with van der Waals surface area (Å²) in [5.41, 5.74) is 8.12. The molecule has 0 spiro atoms. The third-order valence-electron chi connectivity index (χ3n) is 2.87. The molecule has 0 saturated heterocycles. The van der Waals surface area contributed by atoms with Crippen LogP contribution in [0.15, 0.2) is 28.7 Å². The first-order chi connectivity index (χ1) is 7.70. The fourth-order valence-electron chi connectivity index (χ4n) is 1.87. The number of benzene rings is 1. The van der Waals surface area contributed by atoms with E-state index in [1.165, 1.54) is 23.8 Å². The lowest BCUT2D eigenvalue weighted by molar-refractivity contribution is 0.513. The maximum Gasteiger partial charge on any atom is 0.134 e. The summed E-state index contributed by atoms with van der Waals surface area (Å²) in [6.07, 6.45) is 3.61. The smallest absolute Gasteiger partial charge is 0.134 e. The molecule has 2 rings (SSSR count). The van der Waals surface area contributed by atoms with Crippen molar-refractivity contribution in [2.75, 3.05) is 0 Å². The maximum absolute atomic E-state index is 5.80. The van der Waals surface area contributed by atoms with Gasteiger partial charge in [-0.25, -0.2) is 0 Å². The second-order valence-electron chi connectivity index (χ2n) is 4.41. The minimum atomic E-state index is -0.0357. The van der Waals surface area contributed by atoms with Gasteiger partial charge in [-0.05, 0) is 43.5 Å². The lowest BCUT2D eigenvalue weighted by Gasteiger charge is -1.98. The average Bonchev–Trinajstić information content (AvgIpc) is 2.69. The van der Waals surface area contributed by atoms with E-state index in [0.717, 1.165) is 17.8 Å². The van der Waals surface area contributed by atoms with E-state index in [2.05, 4.69) is 25.1 Å². The van der Waals surface area contributed by atoms with Crippen LogP contribution in [-0.4, -0.2) is 0 Å². The Morgan fingerprint density at radius 1 is 1.31 bits per heavy atom. The fourth-order valence-corrected chi connectivity index (χ4v) is 1.87. The Labute approximate surface area is 96.4 Å². The Bertz CT molecular complexity index is 471. The lowest BCUT2D eigenvalue weighted by Crippen LogP contribution is -2.02. The van der Waals surface area contributed by atoms with Crippen LogP contribution in [0.4, 0.5) is 0 Å². The van der Waals surface area contributed by atoms with Crippen LogP contribution in [0.5, 0.6) is 0 Å². The van der Waals surface area contributed by atoms with Crippen LogP contribution < -0.4 is 5.73 Å². The van der Waals surface area contributed by atoms with Crippen LogP contribution >= 0.6 is 0 Å². The van der Waals surface area contributed by atoms with Crippen molar-refractivity contribution in [3.05, 3.63) is 35.6 Å². The molecule has 1 aromatic carbocycles. The normalized spacial score (nSPS) is 13.2. The first-order valence-electron chi connectivity index (χ1n) is 5.98. The first kappa shape index (κ1) is 11.2. The molecule has 16 heavy (non-hydrogen) atoms. The molecule has 0 aliphatic heterocycles. The number of fused-ring (bicyclic) bond motifs is 1. The summed E-state index contributed by atoms with van der Waals surface area (Å²) < 4.78 is 5.66. The molecule has 0 fully saturated rings. The van der Waals surface area contributed by atoms with Crippen molar-refractivity contribution in [1.29, 1.82) is 0 Å². The summed E-state index contributed by atoms with van der Waals surface area (Å²) in [6, 6.07) is 8.42. The Hall–Kier alpha value is -1.28. The van der Waals surface area contributed by atoms with Gasteiger partial charge in [-0.3, -0.25) is 0 Å². The molecule has 2 heteroatoms. The Balaban J connectivity index is 2.30. The van der Waals surface area contributed by atoms with Gasteiger partial charge in [-0.15, -0.1) is 0 Å². The van der Waals surface area contributed by atoms with Crippen molar-refractivity contribution in [2.45, 2.75) is 39.2 Å². The van der Waals surface area contributed by atoms with Gasteiger partial charge in [0.2, 0.25) is 0 Å². The maximum atomic E-state index is 5.80. The largest absolute Gasteiger partial charge is 0.459 e. The number of hydrogen-bond donors (Lipinski definition) is 1. The number of aryl methyl sites for hydroxylation is 1. The van der Waals surface area contributed by atoms with Crippen LogP contribution in [0.3, 0.4) is 0 Å². The fraction of sp³-hybridized carbons (Fsp3) is 0.429. The van der Waals surface area contributed by atoms with E-state index in [0.29, 0.717) is 0 Å². The van der Waals surface area contributed by atoms with Crippen LogP contribution in [-0.2, 0) is 6.42 Å². The number of nitrogens with two attached hydrogens (primary N) is 1. The van der Waals surface area contributed by atoms with Crippen LogP contribution in [0.1, 0.15) is 44.1 Å². The Kier molecular flexibility index (Phi) is 3.30. The molecule has 2 N–H and O–H groups in total. The van der Waals surface area contributed by atoms with Crippen molar-refractivity contribution in [2.24, 2.45) is 5.73 Å². The topological polar surface area (TPSA) is 39.2 Å². The van der Waals surface area contributed by atoms with Gasteiger partial charge >= 0.3 is 0 Å². The molecule has 86 valence electrons. The molecule has 0 saturated carbocycles. The molecule has 2 aromatic rings. The lowest BCUT2D eigenvalue weighted by atomic mass is 10.1. The van der Waals surface area contributed by atoms with Gasteiger partial charge in [0.25, 0.3) is 0 Å². The molecule has 2 nitrogen and oxygen atoms in total. The van der Waals surface area contributed by atoms with Crippen molar-refractivity contribution in [3.8, 4) is 0 Å².